The Morgan fingerprint density at radius 3 is 2.74 bits per heavy atom. The number of phenolic OH excluding ortho intramolecular Hbond substituents is 1. The summed E-state index contributed by atoms with van der Waals surface area (Å²) in [5, 5.41) is 10.8. The third kappa shape index (κ3) is 2.29. The monoisotopic (exact) mass is 249 g/mol. The lowest BCUT2D eigenvalue weighted by Gasteiger charge is -2.07. The van der Waals surface area contributed by atoms with Gasteiger partial charge in [0.15, 0.2) is 0 Å². The lowest BCUT2D eigenvalue weighted by Crippen LogP contribution is -1.92. The van der Waals surface area contributed by atoms with E-state index >= 15 is 0 Å². The largest absolute Gasteiger partial charge is 0.508 e. The summed E-state index contributed by atoms with van der Waals surface area (Å²) in [5.41, 5.74) is 4.40. The summed E-state index contributed by atoms with van der Waals surface area (Å²) in [6.45, 7) is 1.92. The summed E-state index contributed by atoms with van der Waals surface area (Å²) in [7, 11) is 0. The van der Waals surface area contributed by atoms with Crippen molar-refractivity contribution in [1.29, 1.82) is 0 Å². The van der Waals surface area contributed by atoms with Crippen LogP contribution in [0.2, 0.25) is 0 Å². The molecule has 19 heavy (non-hydrogen) atoms. The minimum absolute atomic E-state index is 0.350. The van der Waals surface area contributed by atoms with Crippen LogP contribution in [0.15, 0.2) is 54.7 Å². The van der Waals surface area contributed by atoms with Gasteiger partial charge in [0.05, 0.1) is 5.52 Å². The zero-order chi connectivity index (χ0) is 13.2. The van der Waals surface area contributed by atoms with E-state index in [9.17, 15) is 5.11 Å². The van der Waals surface area contributed by atoms with Crippen molar-refractivity contribution in [3.8, 4) is 5.75 Å². The smallest absolute Gasteiger partial charge is 0.118 e. The maximum atomic E-state index is 9.57. The van der Waals surface area contributed by atoms with Crippen LogP contribution in [0.5, 0.6) is 5.75 Å². The van der Waals surface area contributed by atoms with Gasteiger partial charge < -0.3 is 5.11 Å². The van der Waals surface area contributed by atoms with Crippen LogP contribution in [0.1, 0.15) is 16.7 Å². The number of hydrogen-bond donors (Lipinski definition) is 1. The topological polar surface area (TPSA) is 33.1 Å². The number of rotatable bonds is 2. The molecule has 0 aliphatic carbocycles. The molecule has 2 aromatic carbocycles. The molecule has 0 radical (unpaired) electrons. The average Bonchev–Trinajstić information content (AvgIpc) is 2.43. The number of aryl methyl sites for hydroxylation is 1. The highest BCUT2D eigenvalue weighted by atomic mass is 16.3. The van der Waals surface area contributed by atoms with E-state index in [-0.39, 0.29) is 0 Å². The Morgan fingerprint density at radius 1 is 1.05 bits per heavy atom. The average molecular weight is 249 g/mol. The van der Waals surface area contributed by atoms with E-state index in [2.05, 4.69) is 17.1 Å². The van der Waals surface area contributed by atoms with Crippen molar-refractivity contribution < 1.29 is 5.11 Å². The number of benzene rings is 2. The molecule has 0 bridgehead atoms. The van der Waals surface area contributed by atoms with Crippen molar-refractivity contribution in [1.82, 2.24) is 4.98 Å². The quantitative estimate of drug-likeness (QED) is 0.748. The van der Waals surface area contributed by atoms with E-state index in [1.807, 2.05) is 43.5 Å². The summed E-state index contributed by atoms with van der Waals surface area (Å²) in [6, 6.07) is 16.0. The highest BCUT2D eigenvalue weighted by Crippen LogP contribution is 2.22. The second-order valence-electron chi connectivity index (χ2n) is 4.78. The second kappa shape index (κ2) is 4.73. The van der Waals surface area contributed by atoms with Crippen LogP contribution in [0.3, 0.4) is 0 Å². The maximum Gasteiger partial charge on any atom is 0.118 e. The van der Waals surface area contributed by atoms with Gasteiger partial charge in [0, 0.05) is 11.6 Å². The third-order valence-corrected chi connectivity index (χ3v) is 3.40. The first-order valence-corrected chi connectivity index (χ1v) is 6.35. The maximum absolute atomic E-state index is 9.57. The van der Waals surface area contributed by atoms with E-state index in [0.717, 1.165) is 17.5 Å². The SMILES string of the molecule is Cc1cc(Cc2ccnc3ccccc23)ccc1O. The molecule has 3 rings (SSSR count). The Balaban J connectivity index is 2.03. The molecule has 2 nitrogen and oxygen atoms in total. The Labute approximate surface area is 112 Å². The van der Waals surface area contributed by atoms with Gasteiger partial charge in [-0.1, -0.05) is 30.3 Å². The first kappa shape index (κ1) is 11.7. The van der Waals surface area contributed by atoms with E-state index in [4.69, 9.17) is 0 Å². The van der Waals surface area contributed by atoms with Crippen LogP contribution in [0.25, 0.3) is 10.9 Å². The number of fused-ring (bicyclic) bond motifs is 1. The molecule has 0 fully saturated rings. The van der Waals surface area contributed by atoms with Crippen molar-refractivity contribution in [3.63, 3.8) is 0 Å². The van der Waals surface area contributed by atoms with E-state index < -0.39 is 0 Å². The van der Waals surface area contributed by atoms with Gasteiger partial charge in [0.1, 0.15) is 5.75 Å². The molecule has 0 aliphatic rings. The van der Waals surface area contributed by atoms with E-state index in [0.29, 0.717) is 5.75 Å². The summed E-state index contributed by atoms with van der Waals surface area (Å²) >= 11 is 0. The molecule has 1 heterocycles. The Hall–Kier alpha value is -2.35. The molecule has 3 aromatic rings. The fourth-order valence-electron chi connectivity index (χ4n) is 2.36. The predicted molar refractivity (Wildman–Crippen MR) is 77.4 cm³/mol. The molecule has 1 N–H and O–H groups in total. The molecule has 0 atom stereocenters. The minimum atomic E-state index is 0.350. The number of aromatic hydroxyl groups is 1. The number of phenols is 1. The molecule has 0 unspecified atom stereocenters. The number of nitrogens with zero attached hydrogens (tertiary/aromatic N) is 1. The molecular formula is C17H15NO. The van der Waals surface area contributed by atoms with Crippen LogP contribution < -0.4 is 0 Å². The zero-order valence-corrected chi connectivity index (χ0v) is 10.8. The second-order valence-corrected chi connectivity index (χ2v) is 4.78. The number of para-hydroxylation sites is 1. The van der Waals surface area contributed by atoms with Crippen LogP contribution in [0, 0.1) is 6.92 Å². The van der Waals surface area contributed by atoms with Gasteiger partial charge in [0.2, 0.25) is 0 Å². The Morgan fingerprint density at radius 2 is 1.89 bits per heavy atom. The highest BCUT2D eigenvalue weighted by molar-refractivity contribution is 5.82. The Bertz CT molecular complexity index is 729. The van der Waals surface area contributed by atoms with E-state index in [1.54, 1.807) is 6.07 Å². The van der Waals surface area contributed by atoms with Gasteiger partial charge >= 0.3 is 0 Å². The molecular weight excluding hydrogens is 234 g/mol. The van der Waals surface area contributed by atoms with Gasteiger partial charge in [0.25, 0.3) is 0 Å². The van der Waals surface area contributed by atoms with Crippen LogP contribution in [-0.4, -0.2) is 10.1 Å². The van der Waals surface area contributed by atoms with Gasteiger partial charge in [-0.05, 0) is 48.2 Å². The summed E-state index contributed by atoms with van der Waals surface area (Å²) in [6.07, 6.45) is 2.70. The molecule has 1 aromatic heterocycles. The first-order valence-electron chi connectivity index (χ1n) is 6.35. The molecule has 0 aliphatic heterocycles. The van der Waals surface area contributed by atoms with Crippen molar-refractivity contribution in [2.24, 2.45) is 0 Å². The normalized spacial score (nSPS) is 10.8. The lowest BCUT2D eigenvalue weighted by atomic mass is 10.00. The summed E-state index contributed by atoms with van der Waals surface area (Å²) < 4.78 is 0. The molecule has 0 saturated heterocycles. The van der Waals surface area contributed by atoms with E-state index in [1.165, 1.54) is 16.5 Å². The number of aromatic nitrogens is 1. The summed E-state index contributed by atoms with van der Waals surface area (Å²) in [5.74, 6) is 0.350. The standard InChI is InChI=1S/C17H15NO/c1-12-10-13(6-7-17(12)19)11-14-8-9-18-16-5-3-2-4-15(14)16/h2-10,19H,11H2,1H3. The predicted octanol–water partition coefficient (Wildman–Crippen LogP) is 3.84. The van der Waals surface area contributed by atoms with Crippen molar-refractivity contribution in [2.45, 2.75) is 13.3 Å². The van der Waals surface area contributed by atoms with Crippen molar-refractivity contribution in [2.75, 3.05) is 0 Å². The molecule has 2 heteroatoms. The van der Waals surface area contributed by atoms with Crippen LogP contribution >= 0.6 is 0 Å². The third-order valence-electron chi connectivity index (χ3n) is 3.40. The fourth-order valence-corrected chi connectivity index (χ4v) is 2.36. The van der Waals surface area contributed by atoms with Crippen molar-refractivity contribution in [3.05, 3.63) is 71.4 Å². The number of pyridine rings is 1. The summed E-state index contributed by atoms with van der Waals surface area (Å²) in [4.78, 5) is 4.38. The van der Waals surface area contributed by atoms with Gasteiger partial charge in [-0.3, -0.25) is 4.98 Å². The minimum Gasteiger partial charge on any atom is -0.508 e. The molecule has 0 spiro atoms. The lowest BCUT2D eigenvalue weighted by molar-refractivity contribution is 0.471. The number of hydrogen-bond acceptors (Lipinski definition) is 2. The van der Waals surface area contributed by atoms with Crippen molar-refractivity contribution >= 4 is 10.9 Å². The molecule has 94 valence electrons. The highest BCUT2D eigenvalue weighted by Gasteiger charge is 2.04. The van der Waals surface area contributed by atoms with Crippen LogP contribution in [-0.2, 0) is 6.42 Å². The van der Waals surface area contributed by atoms with Crippen LogP contribution in [0.4, 0.5) is 0 Å². The van der Waals surface area contributed by atoms with Gasteiger partial charge in [-0.2, -0.15) is 0 Å². The van der Waals surface area contributed by atoms with Gasteiger partial charge in [-0.25, -0.2) is 0 Å². The fraction of sp³-hybridized carbons (Fsp3) is 0.118. The molecule has 0 saturated carbocycles. The molecule has 0 amide bonds. The zero-order valence-electron chi connectivity index (χ0n) is 10.8. The first-order chi connectivity index (χ1) is 9.24. The Kier molecular flexibility index (Phi) is 2.92. The van der Waals surface area contributed by atoms with Gasteiger partial charge in [-0.15, -0.1) is 0 Å².